The zero-order valence-electron chi connectivity index (χ0n) is 21.3. The average Bonchev–Trinajstić information content (AvgIpc) is 2.89. The fourth-order valence-electron chi connectivity index (χ4n) is 4.09. The number of nitrogens with one attached hydrogen (secondary N) is 1. The van der Waals surface area contributed by atoms with Crippen LogP contribution in [0.1, 0.15) is 41.4 Å². The van der Waals surface area contributed by atoms with Gasteiger partial charge in [0.15, 0.2) is 5.75 Å². The molecule has 0 saturated carbocycles. The molecule has 0 bridgehead atoms. The van der Waals surface area contributed by atoms with Crippen LogP contribution in [0.2, 0.25) is 0 Å². The summed E-state index contributed by atoms with van der Waals surface area (Å²) >= 11 is 0. The summed E-state index contributed by atoms with van der Waals surface area (Å²) in [5.74, 6) is -1.44. The fourth-order valence-corrected chi connectivity index (χ4v) is 4.09. The van der Waals surface area contributed by atoms with Crippen LogP contribution in [0.3, 0.4) is 0 Å². The minimum atomic E-state index is -1.11. The molecule has 1 amide bonds. The molecular formula is C27H31N2O8+. The average molecular weight is 512 g/mol. The quantitative estimate of drug-likeness (QED) is 0.215. The highest BCUT2D eigenvalue weighted by atomic mass is 16.5. The van der Waals surface area contributed by atoms with E-state index in [1.807, 2.05) is 48.5 Å². The number of pyridine rings is 1. The zero-order chi connectivity index (χ0) is 27.1. The Hall–Kier alpha value is -4.47. The maximum Gasteiger partial charge on any atom is 0.366 e. The van der Waals surface area contributed by atoms with Gasteiger partial charge in [-0.15, -0.1) is 0 Å². The fraction of sp³-hybridized carbons (Fsp3) is 0.296. The second-order valence-corrected chi connectivity index (χ2v) is 8.22. The summed E-state index contributed by atoms with van der Waals surface area (Å²) in [6.45, 7) is 3.18. The normalized spacial score (nSPS) is 12.4. The van der Waals surface area contributed by atoms with Crippen LogP contribution >= 0.6 is 0 Å². The molecule has 0 aliphatic heterocycles. The highest BCUT2D eigenvalue weighted by Gasteiger charge is 2.34. The van der Waals surface area contributed by atoms with Gasteiger partial charge in [0.05, 0.1) is 33.3 Å². The Morgan fingerprint density at radius 3 is 1.86 bits per heavy atom. The van der Waals surface area contributed by atoms with E-state index in [2.05, 4.69) is 5.32 Å². The van der Waals surface area contributed by atoms with E-state index in [4.69, 9.17) is 18.9 Å². The molecule has 37 heavy (non-hydrogen) atoms. The molecule has 1 aromatic heterocycles. The lowest BCUT2D eigenvalue weighted by Crippen LogP contribution is -2.47. The van der Waals surface area contributed by atoms with Gasteiger partial charge < -0.3 is 29.4 Å². The molecule has 0 unspecified atom stereocenters. The van der Waals surface area contributed by atoms with Gasteiger partial charge in [-0.05, 0) is 26.0 Å². The van der Waals surface area contributed by atoms with Crippen molar-refractivity contribution in [2.24, 2.45) is 0 Å². The lowest BCUT2D eigenvalue weighted by atomic mass is 9.86. The predicted molar refractivity (Wildman–Crippen MR) is 132 cm³/mol. The van der Waals surface area contributed by atoms with Crippen LogP contribution in [0.5, 0.6) is 23.0 Å². The van der Waals surface area contributed by atoms with Crippen LogP contribution in [-0.4, -0.2) is 55.7 Å². The molecule has 0 fully saturated rings. The number of carbonyl (C=O) groups is 2. The number of para-hydroxylation sites is 2. The number of nitrogens with zero attached hydrogens (tertiary/aromatic N) is 1. The van der Waals surface area contributed by atoms with Crippen molar-refractivity contribution in [2.45, 2.75) is 31.9 Å². The molecule has 3 rings (SSSR count). The Morgan fingerprint density at radius 2 is 1.35 bits per heavy atom. The second-order valence-electron chi connectivity index (χ2n) is 8.22. The van der Waals surface area contributed by atoms with E-state index in [0.717, 1.165) is 17.3 Å². The number of carbonyl (C=O) groups excluding carboxylic acids is 2. The third-order valence-corrected chi connectivity index (χ3v) is 5.91. The van der Waals surface area contributed by atoms with Crippen molar-refractivity contribution in [1.29, 1.82) is 0 Å². The van der Waals surface area contributed by atoms with Crippen molar-refractivity contribution >= 4 is 11.9 Å². The number of amides is 1. The number of ether oxygens (including phenoxy) is 4. The number of methoxy groups -OCH3 is 3. The maximum atomic E-state index is 13.0. The van der Waals surface area contributed by atoms with Gasteiger partial charge >= 0.3 is 17.6 Å². The van der Waals surface area contributed by atoms with Crippen LogP contribution in [-0.2, 0) is 9.53 Å². The summed E-state index contributed by atoms with van der Waals surface area (Å²) in [5.41, 5.74) is 1.08. The molecule has 1 heterocycles. The van der Waals surface area contributed by atoms with Crippen molar-refractivity contribution in [3.8, 4) is 23.0 Å². The van der Waals surface area contributed by atoms with E-state index < -0.39 is 41.4 Å². The summed E-state index contributed by atoms with van der Waals surface area (Å²) in [4.78, 5) is 25.8. The van der Waals surface area contributed by atoms with Crippen molar-refractivity contribution in [3.63, 3.8) is 0 Å². The maximum absolute atomic E-state index is 13.0. The Balaban J connectivity index is 1.86. The van der Waals surface area contributed by atoms with Crippen LogP contribution in [0, 0.1) is 0 Å². The third-order valence-electron chi connectivity index (χ3n) is 5.91. The van der Waals surface area contributed by atoms with Gasteiger partial charge in [-0.3, -0.25) is 10.0 Å². The molecule has 2 atom stereocenters. The van der Waals surface area contributed by atoms with Crippen molar-refractivity contribution in [1.82, 2.24) is 5.32 Å². The lowest BCUT2D eigenvalue weighted by molar-refractivity contribution is -0.906. The molecule has 0 aliphatic carbocycles. The summed E-state index contributed by atoms with van der Waals surface area (Å²) in [7, 11) is 4.43. The Morgan fingerprint density at radius 1 is 0.838 bits per heavy atom. The van der Waals surface area contributed by atoms with Crippen molar-refractivity contribution in [2.75, 3.05) is 21.3 Å². The molecule has 10 heteroatoms. The number of hydrogen-bond donors (Lipinski definition) is 3. The highest BCUT2D eigenvalue weighted by molar-refractivity contribution is 5.96. The van der Waals surface area contributed by atoms with Gasteiger partial charge in [0.1, 0.15) is 23.6 Å². The second kappa shape index (κ2) is 12.0. The first-order chi connectivity index (χ1) is 17.7. The van der Waals surface area contributed by atoms with E-state index >= 15 is 0 Å². The zero-order valence-corrected chi connectivity index (χ0v) is 21.3. The van der Waals surface area contributed by atoms with Gasteiger partial charge in [-0.1, -0.05) is 36.4 Å². The largest absolute Gasteiger partial charge is 0.499 e. The third kappa shape index (κ3) is 5.85. The number of hydrogen-bond acceptors (Lipinski definition) is 8. The molecule has 3 aromatic rings. The number of aromatic nitrogens is 1. The topological polar surface area (TPSA) is 127 Å². The van der Waals surface area contributed by atoms with E-state index in [9.17, 15) is 19.9 Å². The Kier molecular flexibility index (Phi) is 8.78. The SMILES string of the molecule is COc1ccccc1C(c1ccccc1OC)[C@H](C)OC(=O)[C@H](C)NC(=O)c1c(O)c(OC)cc[n+]1O. The van der Waals surface area contributed by atoms with E-state index in [1.165, 1.54) is 20.1 Å². The molecule has 0 radical (unpaired) electrons. The van der Waals surface area contributed by atoms with Gasteiger partial charge in [0.2, 0.25) is 11.9 Å². The molecule has 0 aliphatic rings. The summed E-state index contributed by atoms with van der Waals surface area (Å²) in [5, 5.41) is 22.7. The van der Waals surface area contributed by atoms with E-state index in [1.54, 1.807) is 21.1 Å². The highest BCUT2D eigenvalue weighted by Crippen LogP contribution is 2.39. The monoisotopic (exact) mass is 511 g/mol. The first-order valence-corrected chi connectivity index (χ1v) is 11.5. The first kappa shape index (κ1) is 27.1. The van der Waals surface area contributed by atoms with Crippen LogP contribution in [0.25, 0.3) is 0 Å². The smallest absolute Gasteiger partial charge is 0.366 e. The summed E-state index contributed by atoms with van der Waals surface area (Å²) in [6.07, 6.45) is 0.427. The van der Waals surface area contributed by atoms with Gasteiger partial charge in [0, 0.05) is 15.9 Å². The van der Waals surface area contributed by atoms with Crippen LogP contribution in [0.4, 0.5) is 0 Å². The van der Waals surface area contributed by atoms with Crippen molar-refractivity contribution < 1.29 is 43.6 Å². The lowest BCUT2D eigenvalue weighted by Gasteiger charge is -2.28. The number of aromatic hydroxyl groups is 1. The van der Waals surface area contributed by atoms with Crippen LogP contribution < -0.4 is 24.3 Å². The van der Waals surface area contributed by atoms with E-state index in [0.29, 0.717) is 16.2 Å². The van der Waals surface area contributed by atoms with Gasteiger partial charge in [0.25, 0.3) is 0 Å². The molecule has 196 valence electrons. The number of rotatable bonds is 10. The molecule has 0 saturated heterocycles. The van der Waals surface area contributed by atoms with Gasteiger partial charge in [-0.25, -0.2) is 4.79 Å². The number of esters is 1. The number of benzene rings is 2. The predicted octanol–water partition coefficient (Wildman–Crippen LogP) is 2.82. The minimum absolute atomic E-state index is 0.0178. The van der Waals surface area contributed by atoms with E-state index in [-0.39, 0.29) is 5.75 Å². The first-order valence-electron chi connectivity index (χ1n) is 11.5. The molecule has 10 nitrogen and oxygen atoms in total. The minimum Gasteiger partial charge on any atom is -0.499 e. The standard InChI is InChI=1S/C27H30N2O8/c1-16(28-26(31)24-25(30)22(36-5)14-15-29(24)33)27(32)37-17(2)23(18-10-6-8-12-20(18)34-3)19-11-7-9-13-21(19)35-4/h6-17,23H,1-5H3,(H2-,28,30,31,33)/p+1/t16-,17-/m0/s1. The molecule has 0 spiro atoms. The van der Waals surface area contributed by atoms with Gasteiger partial charge in [-0.2, -0.15) is 0 Å². The summed E-state index contributed by atoms with van der Waals surface area (Å²) < 4.78 is 22.4. The molecular weight excluding hydrogens is 480 g/mol. The molecule has 3 N–H and O–H groups in total. The molecule has 2 aromatic carbocycles. The van der Waals surface area contributed by atoms with Crippen molar-refractivity contribution in [3.05, 3.63) is 77.6 Å². The Bertz CT molecular complexity index is 1220. The van der Waals surface area contributed by atoms with Crippen LogP contribution in [0.15, 0.2) is 60.8 Å². The summed E-state index contributed by atoms with van der Waals surface area (Å²) in [6, 6.07) is 15.0. The Labute approximate surface area is 214 Å².